The Balaban J connectivity index is 1.45. The van der Waals surface area contributed by atoms with Gasteiger partial charge in [0.25, 0.3) is 0 Å². The van der Waals surface area contributed by atoms with Gasteiger partial charge in [-0.15, -0.1) is 0 Å². The zero-order valence-corrected chi connectivity index (χ0v) is 17.3. The van der Waals surface area contributed by atoms with Crippen LogP contribution in [0.1, 0.15) is 56.1 Å². The number of likely N-dealkylation sites (tertiary alicyclic amines) is 1. The average Bonchev–Trinajstić information content (AvgIpc) is 3.65. The van der Waals surface area contributed by atoms with Gasteiger partial charge in [-0.2, -0.15) is 0 Å². The van der Waals surface area contributed by atoms with Crippen LogP contribution in [-0.4, -0.2) is 53.0 Å². The number of hydrogen-bond donors (Lipinski definition) is 1. The molecule has 1 aromatic carbocycles. The third-order valence-corrected chi connectivity index (χ3v) is 9.08. The molecule has 0 aromatic heterocycles. The number of phenolic OH excluding ortho intramolecular Hbond substituents is 1. The number of quaternary nitrogens is 1. The Bertz CT molecular complexity index is 955. The summed E-state index contributed by atoms with van der Waals surface area (Å²) in [6.07, 6.45) is 6.31. The normalized spacial score (nSPS) is 43.3. The summed E-state index contributed by atoms with van der Waals surface area (Å²) in [5.74, 6) is 1.78. The maximum atomic E-state index is 14.4. The Morgan fingerprint density at radius 2 is 2.00 bits per heavy atom. The lowest BCUT2D eigenvalue weighted by Crippen LogP contribution is -2.81. The van der Waals surface area contributed by atoms with Crippen molar-refractivity contribution >= 4 is 5.78 Å². The van der Waals surface area contributed by atoms with Crippen LogP contribution in [0.4, 0.5) is 0 Å². The molecule has 7 rings (SSSR count). The highest BCUT2D eigenvalue weighted by atomic mass is 16.6. The highest BCUT2D eigenvalue weighted by Gasteiger charge is 2.77. The standard InChI is InChI=1S/C24H29NO5/c26-17-6-5-16-11-19-24(29-13-15-3-4-15)8-7-18(27)22-23(24,20(16)21(17)30-22)9-10-25(19,28)12-14-1-2-14/h5-6,14-15,19,22,26H,1-4,7-13H2/t19-,22+,23+,24-,25?/m1/s1. The van der Waals surface area contributed by atoms with Gasteiger partial charge >= 0.3 is 0 Å². The van der Waals surface area contributed by atoms with Gasteiger partial charge in [-0.25, -0.2) is 0 Å². The van der Waals surface area contributed by atoms with Gasteiger partial charge in [0.15, 0.2) is 23.4 Å². The molecule has 1 N–H and O–H groups in total. The number of piperidine rings is 1. The van der Waals surface area contributed by atoms with E-state index in [0.29, 0.717) is 63.0 Å². The molecule has 0 amide bonds. The minimum absolute atomic E-state index is 0.0935. The Labute approximate surface area is 176 Å². The van der Waals surface area contributed by atoms with Gasteiger partial charge in [0.05, 0.1) is 25.1 Å². The highest BCUT2D eigenvalue weighted by molar-refractivity contribution is 5.90. The molecule has 6 aliphatic rings. The molecule has 30 heavy (non-hydrogen) atoms. The van der Waals surface area contributed by atoms with E-state index in [4.69, 9.17) is 9.47 Å². The van der Waals surface area contributed by atoms with E-state index in [9.17, 15) is 15.1 Å². The SMILES string of the molecule is O=C1CC[C@@]2(OCC3CC3)[C@H]3Cc4ccc(O)c5c4[C@@]2(CC[N+]3([O-])CC2CC2)[C@H]1O5. The summed E-state index contributed by atoms with van der Waals surface area (Å²) in [7, 11) is 0. The summed E-state index contributed by atoms with van der Waals surface area (Å²) in [6, 6.07) is 3.42. The zero-order valence-electron chi connectivity index (χ0n) is 17.3. The van der Waals surface area contributed by atoms with Gasteiger partial charge in [-0.3, -0.25) is 4.79 Å². The van der Waals surface area contributed by atoms with Crippen LogP contribution in [0.2, 0.25) is 0 Å². The molecule has 6 heteroatoms. The second-order valence-electron chi connectivity index (χ2n) is 10.8. The second-order valence-corrected chi connectivity index (χ2v) is 10.8. The lowest BCUT2D eigenvalue weighted by Gasteiger charge is -2.68. The molecular weight excluding hydrogens is 382 g/mol. The molecule has 4 fully saturated rings. The number of hydrogen-bond acceptors (Lipinski definition) is 5. The van der Waals surface area contributed by atoms with Crippen LogP contribution < -0.4 is 4.74 Å². The molecule has 2 bridgehead atoms. The number of nitrogens with zero attached hydrogens (tertiary/aromatic N) is 1. The van der Waals surface area contributed by atoms with E-state index in [-0.39, 0.29) is 22.2 Å². The summed E-state index contributed by atoms with van der Waals surface area (Å²) in [5, 5.41) is 25.0. The fraction of sp³-hybridized carbons (Fsp3) is 0.708. The maximum absolute atomic E-state index is 14.4. The van der Waals surface area contributed by atoms with E-state index < -0.39 is 17.1 Å². The van der Waals surface area contributed by atoms with E-state index in [2.05, 4.69) is 0 Å². The number of hydroxylamine groups is 3. The van der Waals surface area contributed by atoms with Crippen LogP contribution >= 0.6 is 0 Å². The number of carbonyl (C=O) groups is 1. The van der Waals surface area contributed by atoms with Crippen molar-refractivity contribution < 1.29 is 24.0 Å². The first-order valence-electron chi connectivity index (χ1n) is 11.7. The predicted octanol–water partition coefficient (Wildman–Crippen LogP) is 2.97. The molecule has 2 heterocycles. The van der Waals surface area contributed by atoms with Crippen molar-refractivity contribution in [2.24, 2.45) is 11.8 Å². The predicted molar refractivity (Wildman–Crippen MR) is 108 cm³/mol. The Morgan fingerprint density at radius 3 is 2.77 bits per heavy atom. The van der Waals surface area contributed by atoms with Gasteiger partial charge in [0.1, 0.15) is 11.6 Å². The zero-order chi connectivity index (χ0) is 20.3. The van der Waals surface area contributed by atoms with E-state index >= 15 is 0 Å². The lowest BCUT2D eigenvalue weighted by molar-refractivity contribution is -0.924. The largest absolute Gasteiger partial charge is 0.632 e. The summed E-state index contributed by atoms with van der Waals surface area (Å²) in [5.41, 5.74) is 0.753. The molecule has 3 saturated carbocycles. The molecule has 160 valence electrons. The minimum Gasteiger partial charge on any atom is -0.632 e. The Kier molecular flexibility index (Phi) is 3.35. The Morgan fingerprint density at radius 1 is 1.20 bits per heavy atom. The molecule has 4 aliphatic carbocycles. The third kappa shape index (κ3) is 2.08. The van der Waals surface area contributed by atoms with Crippen LogP contribution in [0.15, 0.2) is 12.1 Å². The minimum atomic E-state index is -0.672. The van der Waals surface area contributed by atoms with E-state index in [1.54, 1.807) is 6.07 Å². The first-order valence-corrected chi connectivity index (χ1v) is 11.7. The van der Waals surface area contributed by atoms with Crippen molar-refractivity contribution in [3.63, 3.8) is 0 Å². The maximum Gasteiger partial charge on any atom is 0.174 e. The number of Topliss-reactive ketones (excluding diaryl/α,β-unsaturated/α-hetero) is 1. The summed E-state index contributed by atoms with van der Waals surface area (Å²) in [4.78, 5) is 13.1. The van der Waals surface area contributed by atoms with Crippen LogP contribution in [0, 0.1) is 17.0 Å². The molecule has 0 radical (unpaired) electrons. The van der Waals surface area contributed by atoms with Crippen molar-refractivity contribution in [3.8, 4) is 11.5 Å². The Hall–Kier alpha value is -1.63. The first kappa shape index (κ1) is 18.0. The van der Waals surface area contributed by atoms with Crippen LogP contribution in [-0.2, 0) is 21.4 Å². The van der Waals surface area contributed by atoms with E-state index in [0.717, 1.165) is 24.0 Å². The molecule has 5 atom stereocenters. The average molecular weight is 411 g/mol. The van der Waals surface area contributed by atoms with Crippen molar-refractivity contribution in [1.29, 1.82) is 0 Å². The van der Waals surface area contributed by atoms with Crippen molar-refractivity contribution in [3.05, 3.63) is 28.5 Å². The fourth-order valence-corrected chi connectivity index (χ4v) is 7.35. The van der Waals surface area contributed by atoms with Gasteiger partial charge in [-0.1, -0.05) is 6.07 Å². The number of ketones is 1. The third-order valence-electron chi connectivity index (χ3n) is 9.08. The second kappa shape index (κ2) is 5.59. The lowest BCUT2D eigenvalue weighted by atomic mass is 9.48. The number of carbonyl (C=O) groups excluding carboxylic acids is 1. The van der Waals surface area contributed by atoms with Crippen molar-refractivity contribution in [2.75, 3.05) is 19.7 Å². The molecule has 6 nitrogen and oxygen atoms in total. The van der Waals surface area contributed by atoms with E-state index in [1.165, 1.54) is 12.8 Å². The number of phenols is 1. The molecule has 1 unspecified atom stereocenters. The van der Waals surface area contributed by atoms with Crippen molar-refractivity contribution in [2.45, 2.75) is 74.5 Å². The number of benzene rings is 1. The van der Waals surface area contributed by atoms with E-state index in [1.807, 2.05) is 6.07 Å². The molecule has 1 spiro atoms. The monoisotopic (exact) mass is 411 g/mol. The smallest absolute Gasteiger partial charge is 0.174 e. The topological polar surface area (TPSA) is 78.8 Å². The highest BCUT2D eigenvalue weighted by Crippen LogP contribution is 2.67. The van der Waals surface area contributed by atoms with Gasteiger partial charge < -0.3 is 24.4 Å². The molecular formula is C24H29NO5. The van der Waals surface area contributed by atoms with Crippen molar-refractivity contribution in [1.82, 2.24) is 0 Å². The van der Waals surface area contributed by atoms with Gasteiger partial charge in [-0.05, 0) is 49.7 Å². The fourth-order valence-electron chi connectivity index (χ4n) is 7.35. The first-order chi connectivity index (χ1) is 14.5. The van der Waals surface area contributed by atoms with Crippen LogP contribution in [0.25, 0.3) is 0 Å². The van der Waals surface area contributed by atoms with Gasteiger partial charge in [0, 0.05) is 30.7 Å². The van der Waals surface area contributed by atoms with Gasteiger partial charge in [0.2, 0.25) is 0 Å². The van der Waals surface area contributed by atoms with Crippen LogP contribution in [0.3, 0.4) is 0 Å². The molecule has 2 aliphatic heterocycles. The summed E-state index contributed by atoms with van der Waals surface area (Å²) < 4.78 is 12.9. The number of ether oxygens (including phenoxy) is 2. The summed E-state index contributed by atoms with van der Waals surface area (Å²) in [6.45, 7) is 1.86. The molecule has 1 saturated heterocycles. The summed E-state index contributed by atoms with van der Waals surface area (Å²) >= 11 is 0. The molecule has 1 aromatic rings. The quantitative estimate of drug-likeness (QED) is 0.595. The van der Waals surface area contributed by atoms with Crippen LogP contribution in [0.5, 0.6) is 11.5 Å². The number of aromatic hydroxyl groups is 1. The number of rotatable bonds is 5.